The Labute approximate surface area is 156 Å². The van der Waals surface area contributed by atoms with Crippen LogP contribution in [-0.2, 0) is 22.4 Å². The zero-order valence-corrected chi connectivity index (χ0v) is 15.5. The molecule has 0 saturated carbocycles. The number of rotatable bonds is 5. The van der Waals surface area contributed by atoms with Crippen LogP contribution in [0, 0.1) is 0 Å². The molecule has 1 amide bonds. The lowest BCUT2D eigenvalue weighted by atomic mass is 10.1. The number of hydrogen-bond acceptors (Lipinski definition) is 5. The Balaban J connectivity index is 1.55. The van der Waals surface area contributed by atoms with E-state index in [1.807, 2.05) is 6.07 Å². The van der Waals surface area contributed by atoms with Gasteiger partial charge in [0, 0.05) is 16.1 Å². The van der Waals surface area contributed by atoms with E-state index in [-0.39, 0.29) is 12.4 Å². The highest BCUT2D eigenvalue weighted by atomic mass is 32.1. The maximum Gasteiger partial charge on any atom is 0.348 e. The standard InChI is InChI=1S/C20H21NO4S/c1-13(22)14-7-5-8-16(10-14)21-19(23)12-25-20(24)18-11-15-6-3-2-4-9-17(15)26-18/h5,7-8,10-11H,2-4,6,9,12H2,1H3,(H,21,23). The molecule has 2 aromatic rings. The van der Waals surface area contributed by atoms with Crippen LogP contribution in [0.15, 0.2) is 30.3 Å². The molecule has 1 aliphatic rings. The first kappa shape index (κ1) is 18.3. The Morgan fingerprint density at radius 3 is 2.73 bits per heavy atom. The predicted molar refractivity (Wildman–Crippen MR) is 101 cm³/mol. The normalized spacial score (nSPS) is 13.4. The monoisotopic (exact) mass is 371 g/mol. The molecule has 0 radical (unpaired) electrons. The van der Waals surface area contributed by atoms with Gasteiger partial charge >= 0.3 is 5.97 Å². The van der Waals surface area contributed by atoms with Gasteiger partial charge in [0.25, 0.3) is 5.91 Å². The third-order valence-electron chi connectivity index (χ3n) is 4.33. The van der Waals surface area contributed by atoms with E-state index in [4.69, 9.17) is 4.74 Å². The van der Waals surface area contributed by atoms with Crippen molar-refractivity contribution >= 4 is 34.7 Å². The number of thiophene rings is 1. The summed E-state index contributed by atoms with van der Waals surface area (Å²) in [5.74, 6) is -0.974. The molecule has 0 aliphatic heterocycles. The molecule has 26 heavy (non-hydrogen) atoms. The summed E-state index contributed by atoms with van der Waals surface area (Å²) in [5, 5.41) is 2.64. The fraction of sp³-hybridized carbons (Fsp3) is 0.350. The number of aryl methyl sites for hydroxylation is 2. The van der Waals surface area contributed by atoms with Crippen molar-refractivity contribution in [2.24, 2.45) is 0 Å². The highest BCUT2D eigenvalue weighted by Crippen LogP contribution is 2.29. The summed E-state index contributed by atoms with van der Waals surface area (Å²) < 4.78 is 5.14. The second kappa shape index (κ2) is 8.27. The summed E-state index contributed by atoms with van der Waals surface area (Å²) in [7, 11) is 0. The number of nitrogens with one attached hydrogen (secondary N) is 1. The Morgan fingerprint density at radius 1 is 1.12 bits per heavy atom. The third kappa shape index (κ3) is 4.58. The van der Waals surface area contributed by atoms with Crippen LogP contribution in [0.4, 0.5) is 5.69 Å². The number of esters is 1. The predicted octanol–water partition coefficient (Wildman–Crippen LogP) is 4.02. The van der Waals surface area contributed by atoms with Gasteiger partial charge in [-0.15, -0.1) is 11.3 Å². The maximum absolute atomic E-state index is 12.2. The molecule has 1 aromatic carbocycles. The smallest absolute Gasteiger partial charge is 0.348 e. The van der Waals surface area contributed by atoms with Crippen LogP contribution in [0.5, 0.6) is 0 Å². The van der Waals surface area contributed by atoms with Gasteiger partial charge in [-0.2, -0.15) is 0 Å². The lowest BCUT2D eigenvalue weighted by Crippen LogP contribution is -2.20. The number of Topliss-reactive ketones (excluding diaryl/α,β-unsaturated/α-hetero) is 1. The van der Waals surface area contributed by atoms with E-state index in [1.54, 1.807) is 24.3 Å². The number of fused-ring (bicyclic) bond motifs is 1. The molecule has 6 heteroatoms. The van der Waals surface area contributed by atoms with Crippen LogP contribution in [0.2, 0.25) is 0 Å². The van der Waals surface area contributed by atoms with Gasteiger partial charge in [0.15, 0.2) is 12.4 Å². The zero-order chi connectivity index (χ0) is 18.5. The van der Waals surface area contributed by atoms with Gasteiger partial charge in [-0.3, -0.25) is 9.59 Å². The van der Waals surface area contributed by atoms with Gasteiger partial charge in [-0.1, -0.05) is 18.6 Å². The largest absolute Gasteiger partial charge is 0.451 e. The first-order valence-corrected chi connectivity index (χ1v) is 9.54. The summed E-state index contributed by atoms with van der Waals surface area (Å²) in [6.07, 6.45) is 5.56. The average Bonchev–Trinajstić information content (AvgIpc) is 2.90. The molecule has 0 fully saturated rings. The molecule has 1 N–H and O–H groups in total. The van der Waals surface area contributed by atoms with E-state index in [9.17, 15) is 14.4 Å². The minimum Gasteiger partial charge on any atom is -0.451 e. The van der Waals surface area contributed by atoms with Crippen LogP contribution in [0.25, 0.3) is 0 Å². The number of benzene rings is 1. The van der Waals surface area contributed by atoms with E-state index in [0.29, 0.717) is 16.1 Å². The maximum atomic E-state index is 12.2. The third-order valence-corrected chi connectivity index (χ3v) is 5.55. The van der Waals surface area contributed by atoms with Gasteiger partial charge in [0.1, 0.15) is 4.88 Å². The van der Waals surface area contributed by atoms with E-state index in [0.717, 1.165) is 25.7 Å². The number of anilines is 1. The van der Waals surface area contributed by atoms with Crippen molar-refractivity contribution in [2.75, 3.05) is 11.9 Å². The Kier molecular flexibility index (Phi) is 5.83. The van der Waals surface area contributed by atoms with Gasteiger partial charge in [0.2, 0.25) is 0 Å². The Morgan fingerprint density at radius 2 is 1.92 bits per heavy atom. The molecule has 0 atom stereocenters. The summed E-state index contributed by atoms with van der Waals surface area (Å²) in [5.41, 5.74) is 2.26. The molecule has 5 nitrogen and oxygen atoms in total. The van der Waals surface area contributed by atoms with Gasteiger partial charge in [0.05, 0.1) is 0 Å². The van der Waals surface area contributed by atoms with Gasteiger partial charge in [-0.05, 0) is 56.4 Å². The Bertz CT molecular complexity index is 817. The quantitative estimate of drug-likeness (QED) is 0.490. The van der Waals surface area contributed by atoms with Crippen molar-refractivity contribution < 1.29 is 19.1 Å². The fourth-order valence-electron chi connectivity index (χ4n) is 2.98. The molecular weight excluding hydrogens is 350 g/mol. The number of hydrogen-bond donors (Lipinski definition) is 1. The van der Waals surface area contributed by atoms with E-state index < -0.39 is 11.9 Å². The number of carbonyl (C=O) groups excluding carboxylic acids is 3. The average molecular weight is 371 g/mol. The SMILES string of the molecule is CC(=O)c1cccc(NC(=O)COC(=O)c2cc3c(s2)CCCCC3)c1. The van der Waals surface area contributed by atoms with Crippen LogP contribution in [-0.4, -0.2) is 24.3 Å². The van der Waals surface area contributed by atoms with E-state index >= 15 is 0 Å². The number of carbonyl (C=O) groups is 3. The first-order chi connectivity index (χ1) is 12.5. The molecule has 0 spiro atoms. The second-order valence-electron chi connectivity index (χ2n) is 6.38. The highest BCUT2D eigenvalue weighted by molar-refractivity contribution is 7.14. The van der Waals surface area contributed by atoms with Gasteiger partial charge in [-0.25, -0.2) is 4.79 Å². The lowest BCUT2D eigenvalue weighted by molar-refractivity contribution is -0.119. The molecule has 136 valence electrons. The lowest BCUT2D eigenvalue weighted by Gasteiger charge is -2.07. The van der Waals surface area contributed by atoms with Crippen LogP contribution >= 0.6 is 11.3 Å². The summed E-state index contributed by atoms with van der Waals surface area (Å²) >= 11 is 1.47. The van der Waals surface area contributed by atoms with Crippen molar-refractivity contribution in [3.8, 4) is 0 Å². The van der Waals surface area contributed by atoms with Crippen molar-refractivity contribution in [3.63, 3.8) is 0 Å². The number of ether oxygens (including phenoxy) is 1. The van der Waals surface area contributed by atoms with E-state index in [1.165, 1.54) is 35.1 Å². The second-order valence-corrected chi connectivity index (χ2v) is 7.52. The first-order valence-electron chi connectivity index (χ1n) is 8.72. The summed E-state index contributed by atoms with van der Waals surface area (Å²) in [4.78, 5) is 37.4. The molecule has 0 bridgehead atoms. The van der Waals surface area contributed by atoms with Crippen molar-refractivity contribution in [3.05, 3.63) is 51.2 Å². The molecule has 0 unspecified atom stereocenters. The fourth-order valence-corrected chi connectivity index (χ4v) is 4.13. The molecule has 0 saturated heterocycles. The minimum atomic E-state index is -0.462. The zero-order valence-electron chi connectivity index (χ0n) is 14.7. The van der Waals surface area contributed by atoms with Crippen LogP contribution in [0.1, 0.15) is 56.7 Å². The molecule has 3 rings (SSSR count). The van der Waals surface area contributed by atoms with Gasteiger partial charge < -0.3 is 10.1 Å². The summed E-state index contributed by atoms with van der Waals surface area (Å²) in [6, 6.07) is 8.55. The topological polar surface area (TPSA) is 72.5 Å². The number of amides is 1. The van der Waals surface area contributed by atoms with Crippen LogP contribution < -0.4 is 5.32 Å². The highest BCUT2D eigenvalue weighted by Gasteiger charge is 2.18. The van der Waals surface area contributed by atoms with Crippen molar-refractivity contribution in [1.29, 1.82) is 0 Å². The molecule has 1 heterocycles. The minimum absolute atomic E-state index is 0.0787. The van der Waals surface area contributed by atoms with Crippen LogP contribution in [0.3, 0.4) is 0 Å². The van der Waals surface area contributed by atoms with Crippen molar-refractivity contribution in [2.45, 2.75) is 39.0 Å². The molecule has 1 aliphatic carbocycles. The molecule has 1 aromatic heterocycles. The van der Waals surface area contributed by atoms with Crippen molar-refractivity contribution in [1.82, 2.24) is 0 Å². The Hall–Kier alpha value is -2.47. The summed E-state index contributed by atoms with van der Waals surface area (Å²) in [6.45, 7) is 1.11. The number of ketones is 1. The molecular formula is C20H21NO4S. The van der Waals surface area contributed by atoms with E-state index in [2.05, 4.69) is 5.32 Å².